The first-order chi connectivity index (χ1) is 8.90. The molecule has 0 saturated heterocycles. The van der Waals surface area contributed by atoms with Crippen molar-refractivity contribution >= 4 is 6.03 Å². The number of nitrogens with zero attached hydrogens (tertiary/aromatic N) is 1. The minimum absolute atomic E-state index is 0.148. The molecule has 1 rings (SSSR count). The number of hydrogen-bond donors (Lipinski definition) is 2. The van der Waals surface area contributed by atoms with Gasteiger partial charge < -0.3 is 15.3 Å². The first-order valence-electron chi connectivity index (χ1n) is 6.63. The molecule has 1 aromatic rings. The van der Waals surface area contributed by atoms with Gasteiger partial charge in [-0.05, 0) is 38.3 Å². The topological polar surface area (TPSA) is 52.6 Å². The minimum atomic E-state index is -0.505. The Balaban J connectivity index is 2.39. The molecule has 2 N–H and O–H groups in total. The van der Waals surface area contributed by atoms with E-state index in [1.54, 1.807) is 14.0 Å². The summed E-state index contributed by atoms with van der Waals surface area (Å²) in [6, 6.07) is 6.20. The van der Waals surface area contributed by atoms with Crippen LogP contribution in [0.25, 0.3) is 0 Å². The number of rotatable bonds is 5. The molecule has 0 heterocycles. The lowest BCUT2D eigenvalue weighted by molar-refractivity contribution is 0.144. The highest BCUT2D eigenvalue weighted by Gasteiger charge is 2.09. The van der Waals surface area contributed by atoms with Gasteiger partial charge in [-0.2, -0.15) is 0 Å². The third kappa shape index (κ3) is 5.30. The number of urea groups is 1. The van der Waals surface area contributed by atoms with Crippen molar-refractivity contribution in [3.05, 3.63) is 34.9 Å². The van der Waals surface area contributed by atoms with Crippen molar-refractivity contribution in [1.82, 2.24) is 10.2 Å². The zero-order valence-corrected chi connectivity index (χ0v) is 12.2. The first-order valence-corrected chi connectivity index (χ1v) is 6.63. The molecular weight excluding hydrogens is 240 g/mol. The normalized spacial score (nSPS) is 12.1. The Morgan fingerprint density at radius 1 is 1.42 bits per heavy atom. The summed E-state index contributed by atoms with van der Waals surface area (Å²) >= 11 is 0. The monoisotopic (exact) mass is 264 g/mol. The molecule has 19 heavy (non-hydrogen) atoms. The number of carbonyl (C=O) groups is 1. The fourth-order valence-electron chi connectivity index (χ4n) is 2.04. The smallest absolute Gasteiger partial charge is 0.317 e. The van der Waals surface area contributed by atoms with Crippen LogP contribution >= 0.6 is 0 Å². The van der Waals surface area contributed by atoms with E-state index in [9.17, 15) is 9.90 Å². The molecule has 0 radical (unpaired) electrons. The van der Waals surface area contributed by atoms with Crippen LogP contribution in [0.1, 0.15) is 23.6 Å². The number of amides is 2. The van der Waals surface area contributed by atoms with Crippen molar-refractivity contribution in [3.8, 4) is 0 Å². The van der Waals surface area contributed by atoms with Crippen molar-refractivity contribution in [2.45, 2.75) is 33.3 Å². The number of benzene rings is 1. The van der Waals surface area contributed by atoms with Gasteiger partial charge >= 0.3 is 6.03 Å². The van der Waals surface area contributed by atoms with Crippen LogP contribution in [0.4, 0.5) is 4.79 Å². The van der Waals surface area contributed by atoms with Crippen LogP contribution in [-0.2, 0) is 6.42 Å². The maximum Gasteiger partial charge on any atom is 0.317 e. The fraction of sp³-hybridized carbons (Fsp3) is 0.533. The zero-order valence-electron chi connectivity index (χ0n) is 12.2. The number of aliphatic hydroxyl groups excluding tert-OH is 1. The van der Waals surface area contributed by atoms with E-state index in [-0.39, 0.29) is 6.03 Å². The highest BCUT2D eigenvalue weighted by atomic mass is 16.3. The predicted octanol–water partition coefficient (Wildman–Crippen LogP) is 1.87. The van der Waals surface area contributed by atoms with Crippen molar-refractivity contribution in [2.75, 3.05) is 20.1 Å². The molecule has 0 saturated carbocycles. The van der Waals surface area contributed by atoms with Gasteiger partial charge in [-0.3, -0.25) is 0 Å². The summed E-state index contributed by atoms with van der Waals surface area (Å²) in [5.41, 5.74) is 3.76. The van der Waals surface area contributed by atoms with Crippen LogP contribution in [0.3, 0.4) is 0 Å². The molecule has 2 amide bonds. The molecule has 0 aromatic heterocycles. The third-order valence-corrected chi connectivity index (χ3v) is 3.05. The van der Waals surface area contributed by atoms with Crippen LogP contribution < -0.4 is 5.32 Å². The first kappa shape index (κ1) is 15.5. The van der Waals surface area contributed by atoms with Crippen molar-refractivity contribution in [2.24, 2.45) is 0 Å². The summed E-state index contributed by atoms with van der Waals surface area (Å²) in [6.07, 6.45) is 0.315. The summed E-state index contributed by atoms with van der Waals surface area (Å²) in [5.74, 6) is 0. The van der Waals surface area contributed by atoms with Gasteiger partial charge in [0.05, 0.1) is 6.10 Å². The average molecular weight is 264 g/mol. The van der Waals surface area contributed by atoms with Gasteiger partial charge in [-0.1, -0.05) is 23.8 Å². The maximum absolute atomic E-state index is 11.7. The molecule has 1 aromatic carbocycles. The van der Waals surface area contributed by atoms with Gasteiger partial charge in [0.15, 0.2) is 0 Å². The molecule has 4 nitrogen and oxygen atoms in total. The molecule has 4 heteroatoms. The number of aliphatic hydroxyl groups is 1. The average Bonchev–Trinajstić information content (AvgIpc) is 2.30. The van der Waals surface area contributed by atoms with Crippen LogP contribution in [0, 0.1) is 13.8 Å². The lowest BCUT2D eigenvalue weighted by atomic mass is 10.0. The predicted molar refractivity (Wildman–Crippen MR) is 77.3 cm³/mol. The van der Waals surface area contributed by atoms with Gasteiger partial charge in [-0.25, -0.2) is 4.79 Å². The summed E-state index contributed by atoms with van der Waals surface area (Å²) < 4.78 is 0. The Morgan fingerprint density at radius 3 is 2.68 bits per heavy atom. The second-order valence-electron chi connectivity index (χ2n) is 5.14. The number of likely N-dealkylation sites (N-methyl/N-ethyl adjacent to an activating group) is 1. The fourth-order valence-corrected chi connectivity index (χ4v) is 2.04. The second kappa shape index (κ2) is 7.14. The van der Waals surface area contributed by atoms with E-state index in [0.717, 1.165) is 6.42 Å². The van der Waals surface area contributed by atoms with E-state index >= 15 is 0 Å². The number of hydrogen-bond acceptors (Lipinski definition) is 2. The quantitative estimate of drug-likeness (QED) is 0.853. The minimum Gasteiger partial charge on any atom is -0.392 e. The lowest BCUT2D eigenvalue weighted by Crippen LogP contribution is -2.41. The molecule has 0 bridgehead atoms. The summed E-state index contributed by atoms with van der Waals surface area (Å²) in [7, 11) is 1.68. The highest BCUT2D eigenvalue weighted by Crippen LogP contribution is 2.10. The van der Waals surface area contributed by atoms with Crippen molar-refractivity contribution in [1.29, 1.82) is 0 Å². The molecule has 106 valence electrons. The Kier molecular flexibility index (Phi) is 5.83. The van der Waals surface area contributed by atoms with Crippen LogP contribution in [-0.4, -0.2) is 42.3 Å². The van der Waals surface area contributed by atoms with Gasteiger partial charge in [-0.15, -0.1) is 0 Å². The summed E-state index contributed by atoms with van der Waals surface area (Å²) in [6.45, 7) is 6.77. The molecule has 1 unspecified atom stereocenters. The van der Waals surface area contributed by atoms with Crippen LogP contribution in [0.15, 0.2) is 18.2 Å². The van der Waals surface area contributed by atoms with Crippen LogP contribution in [0.2, 0.25) is 0 Å². The van der Waals surface area contributed by atoms with E-state index < -0.39 is 6.10 Å². The largest absolute Gasteiger partial charge is 0.392 e. The lowest BCUT2D eigenvalue weighted by Gasteiger charge is -2.19. The molecule has 0 spiro atoms. The van der Waals surface area contributed by atoms with Gasteiger partial charge in [0, 0.05) is 20.1 Å². The third-order valence-electron chi connectivity index (χ3n) is 3.05. The molecular formula is C15H24N2O2. The van der Waals surface area contributed by atoms with E-state index in [4.69, 9.17) is 0 Å². The molecule has 1 atom stereocenters. The van der Waals surface area contributed by atoms with Gasteiger partial charge in [0.25, 0.3) is 0 Å². The Hall–Kier alpha value is -1.55. The summed E-state index contributed by atoms with van der Waals surface area (Å²) in [5, 5.41) is 12.1. The molecule has 0 aliphatic carbocycles. The molecule has 0 aliphatic heterocycles. The zero-order chi connectivity index (χ0) is 14.4. The van der Waals surface area contributed by atoms with E-state index in [0.29, 0.717) is 13.1 Å². The summed E-state index contributed by atoms with van der Waals surface area (Å²) in [4.78, 5) is 13.2. The Bertz CT molecular complexity index is 430. The van der Waals surface area contributed by atoms with E-state index in [1.165, 1.54) is 21.6 Å². The molecule has 0 aliphatic rings. The van der Waals surface area contributed by atoms with Gasteiger partial charge in [0.2, 0.25) is 0 Å². The Morgan fingerprint density at radius 2 is 2.11 bits per heavy atom. The number of carbonyl (C=O) groups excluding carboxylic acids is 1. The van der Waals surface area contributed by atoms with E-state index in [1.807, 2.05) is 0 Å². The van der Waals surface area contributed by atoms with Crippen LogP contribution in [0.5, 0.6) is 0 Å². The number of aryl methyl sites for hydroxylation is 2. The van der Waals surface area contributed by atoms with Crippen molar-refractivity contribution < 1.29 is 9.90 Å². The van der Waals surface area contributed by atoms with E-state index in [2.05, 4.69) is 37.4 Å². The maximum atomic E-state index is 11.7. The Labute approximate surface area is 115 Å². The number of nitrogens with one attached hydrogen (secondary N) is 1. The van der Waals surface area contributed by atoms with Gasteiger partial charge in [0.1, 0.15) is 0 Å². The SMILES string of the molecule is Cc1ccc(CCNC(=O)N(C)CC(C)O)c(C)c1. The van der Waals surface area contributed by atoms with Crippen molar-refractivity contribution in [3.63, 3.8) is 0 Å². The standard InChI is InChI=1S/C15H24N2O2/c1-11-5-6-14(12(2)9-11)7-8-16-15(19)17(4)10-13(3)18/h5-6,9,13,18H,7-8,10H2,1-4H3,(H,16,19). The highest BCUT2D eigenvalue weighted by molar-refractivity contribution is 5.73. The molecule has 0 fully saturated rings. The second-order valence-corrected chi connectivity index (χ2v) is 5.14.